The van der Waals surface area contributed by atoms with E-state index in [4.69, 9.17) is 15.2 Å². The van der Waals surface area contributed by atoms with Gasteiger partial charge in [0.05, 0.1) is 22.4 Å². The topological polar surface area (TPSA) is 62.3 Å². The van der Waals surface area contributed by atoms with Crippen molar-refractivity contribution in [3.05, 3.63) is 40.6 Å². The van der Waals surface area contributed by atoms with E-state index in [-0.39, 0.29) is 12.1 Å². The molecule has 0 saturated carbocycles. The molecule has 5 nitrogen and oxygen atoms in total. The lowest BCUT2D eigenvalue weighted by molar-refractivity contribution is 0.0697. The van der Waals surface area contributed by atoms with Crippen LogP contribution in [-0.4, -0.2) is 22.5 Å². The molecule has 1 aromatic carbocycles. The molecule has 2 unspecified atom stereocenters. The molecule has 0 amide bonds. The van der Waals surface area contributed by atoms with Gasteiger partial charge in [0.1, 0.15) is 6.61 Å². The summed E-state index contributed by atoms with van der Waals surface area (Å²) in [5, 5.41) is 4.36. The Labute approximate surface area is 132 Å². The molecule has 0 fully saturated rings. The van der Waals surface area contributed by atoms with E-state index >= 15 is 0 Å². The Balaban J connectivity index is 1.84. The van der Waals surface area contributed by atoms with Crippen LogP contribution in [0, 0.1) is 0 Å². The summed E-state index contributed by atoms with van der Waals surface area (Å²) in [6, 6.07) is 7.34. The highest BCUT2D eigenvalue weighted by Crippen LogP contribution is 2.35. The molecule has 1 aromatic heterocycles. The zero-order valence-electron chi connectivity index (χ0n) is 11.8. The first-order valence-electron chi connectivity index (χ1n) is 7.06. The van der Waals surface area contributed by atoms with Crippen molar-refractivity contribution in [1.29, 1.82) is 0 Å². The Bertz CT molecular complexity index is 629. The van der Waals surface area contributed by atoms with Crippen molar-refractivity contribution in [1.82, 2.24) is 9.78 Å². The minimum atomic E-state index is -0.304. The van der Waals surface area contributed by atoms with E-state index in [9.17, 15) is 0 Å². The Hall–Kier alpha value is -1.53. The van der Waals surface area contributed by atoms with Crippen LogP contribution in [0.15, 0.2) is 34.9 Å². The number of aromatic nitrogens is 2. The Morgan fingerprint density at radius 2 is 2.19 bits per heavy atom. The Kier molecular flexibility index (Phi) is 4.17. The normalized spacial score (nSPS) is 18.5. The fraction of sp³-hybridized carbons (Fsp3) is 0.400. The second-order valence-corrected chi connectivity index (χ2v) is 5.90. The van der Waals surface area contributed by atoms with Crippen molar-refractivity contribution < 1.29 is 9.47 Å². The number of hydrogen-bond donors (Lipinski definition) is 1. The predicted octanol–water partition coefficient (Wildman–Crippen LogP) is 2.90. The minimum Gasteiger partial charge on any atom is -0.486 e. The lowest BCUT2D eigenvalue weighted by atomic mass is 10.1. The van der Waals surface area contributed by atoms with E-state index in [0.29, 0.717) is 6.61 Å². The van der Waals surface area contributed by atoms with Gasteiger partial charge in [-0.05, 0) is 34.5 Å². The standard InChI is InChI=1S/C15H18BrN3O2/c1-2-7-19-15(10(16)8-18-19)14(17)13-9-20-11-5-3-4-6-12(11)21-13/h3-6,8,13-14H,2,7,9,17H2,1H3. The van der Waals surface area contributed by atoms with Crippen LogP contribution < -0.4 is 15.2 Å². The summed E-state index contributed by atoms with van der Waals surface area (Å²) < 4.78 is 14.6. The first kappa shape index (κ1) is 14.4. The number of benzene rings is 1. The smallest absolute Gasteiger partial charge is 0.161 e. The maximum atomic E-state index is 6.41. The summed E-state index contributed by atoms with van der Waals surface area (Å²) in [4.78, 5) is 0. The van der Waals surface area contributed by atoms with Crippen molar-refractivity contribution >= 4 is 15.9 Å². The van der Waals surface area contributed by atoms with Gasteiger partial charge in [-0.15, -0.1) is 0 Å². The number of halogens is 1. The van der Waals surface area contributed by atoms with Crippen LogP contribution >= 0.6 is 15.9 Å². The predicted molar refractivity (Wildman–Crippen MR) is 83.5 cm³/mol. The van der Waals surface area contributed by atoms with Crippen LogP contribution in [0.2, 0.25) is 0 Å². The molecule has 2 heterocycles. The number of para-hydroxylation sites is 2. The van der Waals surface area contributed by atoms with Gasteiger partial charge in [-0.25, -0.2) is 0 Å². The molecule has 2 N–H and O–H groups in total. The van der Waals surface area contributed by atoms with Crippen LogP contribution in [0.5, 0.6) is 11.5 Å². The van der Waals surface area contributed by atoms with Crippen LogP contribution in [0.1, 0.15) is 25.1 Å². The molecular weight excluding hydrogens is 334 g/mol. The minimum absolute atomic E-state index is 0.233. The Morgan fingerprint density at radius 1 is 1.43 bits per heavy atom. The summed E-state index contributed by atoms with van der Waals surface area (Å²) in [6.07, 6.45) is 2.55. The second kappa shape index (κ2) is 6.07. The zero-order valence-corrected chi connectivity index (χ0v) is 13.4. The average molecular weight is 352 g/mol. The molecule has 0 saturated heterocycles. The van der Waals surface area contributed by atoms with Crippen LogP contribution in [0.25, 0.3) is 0 Å². The maximum absolute atomic E-state index is 6.41. The second-order valence-electron chi connectivity index (χ2n) is 5.04. The van der Waals surface area contributed by atoms with E-state index in [1.54, 1.807) is 6.20 Å². The van der Waals surface area contributed by atoms with E-state index < -0.39 is 0 Å². The Morgan fingerprint density at radius 3 is 2.95 bits per heavy atom. The fourth-order valence-electron chi connectivity index (χ4n) is 2.48. The largest absolute Gasteiger partial charge is 0.486 e. The van der Waals surface area contributed by atoms with E-state index in [1.165, 1.54) is 0 Å². The highest BCUT2D eigenvalue weighted by molar-refractivity contribution is 9.10. The molecule has 1 aliphatic heterocycles. The third-order valence-electron chi connectivity index (χ3n) is 3.52. The number of aryl methyl sites for hydroxylation is 1. The van der Waals surface area contributed by atoms with Crippen molar-refractivity contribution in [2.45, 2.75) is 32.0 Å². The lowest BCUT2D eigenvalue weighted by Gasteiger charge is -2.30. The quantitative estimate of drug-likeness (QED) is 0.919. The number of nitrogens with zero attached hydrogens (tertiary/aromatic N) is 2. The molecule has 0 spiro atoms. The van der Waals surface area contributed by atoms with Gasteiger partial charge in [-0.1, -0.05) is 19.1 Å². The van der Waals surface area contributed by atoms with Crippen LogP contribution in [0.3, 0.4) is 0 Å². The molecule has 6 heteroatoms. The van der Waals surface area contributed by atoms with E-state index in [1.807, 2.05) is 28.9 Å². The molecular formula is C15H18BrN3O2. The van der Waals surface area contributed by atoms with Gasteiger partial charge in [0, 0.05) is 6.54 Å². The average Bonchev–Trinajstić information content (AvgIpc) is 2.87. The lowest BCUT2D eigenvalue weighted by Crippen LogP contribution is -2.40. The molecule has 2 atom stereocenters. The summed E-state index contributed by atoms with van der Waals surface area (Å²) in [6.45, 7) is 3.38. The molecule has 112 valence electrons. The van der Waals surface area contributed by atoms with Gasteiger partial charge in [0.25, 0.3) is 0 Å². The summed E-state index contributed by atoms with van der Waals surface area (Å²) >= 11 is 3.53. The number of fused-ring (bicyclic) bond motifs is 1. The van der Waals surface area contributed by atoms with Gasteiger partial charge in [0.2, 0.25) is 0 Å². The van der Waals surface area contributed by atoms with E-state index in [2.05, 4.69) is 28.0 Å². The van der Waals surface area contributed by atoms with Crippen molar-refractivity contribution in [2.75, 3.05) is 6.61 Å². The van der Waals surface area contributed by atoms with Gasteiger partial charge in [0.15, 0.2) is 17.6 Å². The van der Waals surface area contributed by atoms with Crippen LogP contribution in [0.4, 0.5) is 0 Å². The molecule has 3 rings (SSSR count). The van der Waals surface area contributed by atoms with Crippen molar-refractivity contribution in [3.8, 4) is 11.5 Å². The number of ether oxygens (including phenoxy) is 2. The highest BCUT2D eigenvalue weighted by Gasteiger charge is 2.31. The summed E-state index contributed by atoms with van der Waals surface area (Å²) in [5.74, 6) is 1.50. The van der Waals surface area contributed by atoms with Gasteiger partial charge in [-0.2, -0.15) is 5.10 Å². The molecule has 0 aliphatic carbocycles. The maximum Gasteiger partial charge on any atom is 0.161 e. The van der Waals surface area contributed by atoms with E-state index in [0.717, 1.165) is 34.6 Å². The van der Waals surface area contributed by atoms with Gasteiger partial charge >= 0.3 is 0 Å². The first-order chi connectivity index (χ1) is 10.2. The monoisotopic (exact) mass is 351 g/mol. The van der Waals surface area contributed by atoms with Crippen LogP contribution in [-0.2, 0) is 6.54 Å². The first-order valence-corrected chi connectivity index (χ1v) is 7.85. The van der Waals surface area contributed by atoms with Gasteiger partial charge < -0.3 is 15.2 Å². The molecule has 21 heavy (non-hydrogen) atoms. The zero-order chi connectivity index (χ0) is 14.8. The summed E-state index contributed by atoms with van der Waals surface area (Å²) in [5.41, 5.74) is 7.36. The SMILES string of the molecule is CCCn1ncc(Br)c1C(N)C1COc2ccccc2O1. The number of nitrogens with two attached hydrogens (primary N) is 1. The molecule has 0 radical (unpaired) electrons. The molecule has 0 bridgehead atoms. The molecule has 1 aliphatic rings. The van der Waals surface area contributed by atoms with Crippen molar-refractivity contribution in [2.24, 2.45) is 5.73 Å². The third kappa shape index (κ3) is 2.78. The summed E-state index contributed by atoms with van der Waals surface area (Å²) in [7, 11) is 0. The fourth-order valence-corrected chi connectivity index (χ4v) is 3.04. The number of hydrogen-bond acceptors (Lipinski definition) is 4. The van der Waals surface area contributed by atoms with Gasteiger partial charge in [-0.3, -0.25) is 4.68 Å². The third-order valence-corrected chi connectivity index (χ3v) is 4.13. The molecule has 2 aromatic rings. The highest BCUT2D eigenvalue weighted by atomic mass is 79.9. The number of rotatable bonds is 4. The van der Waals surface area contributed by atoms with Crippen molar-refractivity contribution in [3.63, 3.8) is 0 Å².